The second-order valence-electron chi connectivity index (χ2n) is 7.90. The third-order valence-corrected chi connectivity index (χ3v) is 6.40. The molecule has 3 heterocycles. The molecule has 3 unspecified atom stereocenters. The number of benzene rings is 1. The van der Waals surface area contributed by atoms with Crippen LogP contribution in [0.2, 0.25) is 5.02 Å². The summed E-state index contributed by atoms with van der Waals surface area (Å²) < 4.78 is 6.17. The second-order valence-corrected chi connectivity index (χ2v) is 8.33. The van der Waals surface area contributed by atoms with E-state index in [1.807, 2.05) is 24.3 Å². The molecule has 0 bridgehead atoms. The molecule has 3 atom stereocenters. The average molecular weight is 409 g/mol. The first kappa shape index (κ1) is 18.4. The number of ether oxygens (including phenoxy) is 1. The minimum absolute atomic E-state index is 0.0708. The minimum atomic E-state index is -0.460. The molecule has 148 valence electrons. The SMILES string of the molecule is O=C1C2=C(OC3CCCCC13)C(=O)N(Cc1ccncc1)C2c1ccc(Cl)cc1. The number of pyridine rings is 1. The van der Waals surface area contributed by atoms with E-state index < -0.39 is 6.04 Å². The van der Waals surface area contributed by atoms with Crippen LogP contribution in [0.15, 0.2) is 60.1 Å². The minimum Gasteiger partial charge on any atom is -0.483 e. The number of aromatic nitrogens is 1. The zero-order valence-corrected chi connectivity index (χ0v) is 16.6. The molecule has 0 radical (unpaired) electrons. The van der Waals surface area contributed by atoms with E-state index in [2.05, 4.69) is 4.98 Å². The van der Waals surface area contributed by atoms with E-state index in [4.69, 9.17) is 16.3 Å². The van der Waals surface area contributed by atoms with Crippen LogP contribution in [0.4, 0.5) is 0 Å². The number of Topliss-reactive ketones (excluding diaryl/α,β-unsaturated/α-hetero) is 1. The zero-order chi connectivity index (χ0) is 20.0. The molecular formula is C23H21ClN2O3. The van der Waals surface area contributed by atoms with Gasteiger partial charge >= 0.3 is 0 Å². The maximum Gasteiger partial charge on any atom is 0.290 e. The van der Waals surface area contributed by atoms with Crippen molar-refractivity contribution in [2.45, 2.75) is 44.4 Å². The van der Waals surface area contributed by atoms with Gasteiger partial charge in [-0.15, -0.1) is 0 Å². The van der Waals surface area contributed by atoms with Crippen LogP contribution in [0.1, 0.15) is 42.9 Å². The summed E-state index contributed by atoms with van der Waals surface area (Å²) in [6, 6.07) is 10.7. The fourth-order valence-electron chi connectivity index (χ4n) is 4.73. The molecule has 3 aliphatic rings. The molecule has 2 aromatic rings. The van der Waals surface area contributed by atoms with Crippen LogP contribution in [0.3, 0.4) is 0 Å². The van der Waals surface area contributed by atoms with Crippen molar-refractivity contribution < 1.29 is 14.3 Å². The molecule has 5 nitrogen and oxygen atoms in total. The number of fused-ring (bicyclic) bond motifs is 1. The Hall–Kier alpha value is -2.66. The summed E-state index contributed by atoms with van der Waals surface area (Å²) in [7, 11) is 0. The Bertz CT molecular complexity index is 987. The van der Waals surface area contributed by atoms with Gasteiger partial charge in [0.2, 0.25) is 0 Å². The van der Waals surface area contributed by atoms with Gasteiger partial charge in [-0.3, -0.25) is 14.6 Å². The van der Waals surface area contributed by atoms with Crippen LogP contribution in [-0.2, 0) is 20.9 Å². The first-order chi connectivity index (χ1) is 14.1. The Morgan fingerprint density at radius 1 is 1.03 bits per heavy atom. The van der Waals surface area contributed by atoms with E-state index in [-0.39, 0.29) is 29.5 Å². The lowest BCUT2D eigenvalue weighted by Gasteiger charge is -2.35. The molecule has 5 rings (SSSR count). The Labute approximate surface area is 174 Å². The van der Waals surface area contributed by atoms with Gasteiger partial charge in [-0.05, 0) is 54.7 Å². The van der Waals surface area contributed by atoms with Crippen molar-refractivity contribution in [3.8, 4) is 0 Å². The van der Waals surface area contributed by atoms with E-state index in [1.165, 1.54) is 0 Å². The first-order valence-electron chi connectivity index (χ1n) is 10.0. The van der Waals surface area contributed by atoms with Crippen molar-refractivity contribution in [2.75, 3.05) is 0 Å². The molecule has 1 amide bonds. The molecule has 6 heteroatoms. The van der Waals surface area contributed by atoms with Crippen LogP contribution < -0.4 is 0 Å². The number of nitrogens with zero attached hydrogens (tertiary/aromatic N) is 2. The fourth-order valence-corrected chi connectivity index (χ4v) is 4.86. The standard InChI is InChI=1S/C23H21ClN2O3/c24-16-7-5-15(6-8-16)20-19-21(27)17-3-1-2-4-18(17)29-22(19)23(28)26(20)13-14-9-11-25-12-10-14/h5-12,17-18,20H,1-4,13H2. The Morgan fingerprint density at radius 2 is 1.76 bits per heavy atom. The van der Waals surface area contributed by atoms with Crippen LogP contribution in [0, 0.1) is 5.92 Å². The Morgan fingerprint density at radius 3 is 2.52 bits per heavy atom. The smallest absolute Gasteiger partial charge is 0.290 e. The lowest BCUT2D eigenvalue weighted by molar-refractivity contribution is -0.135. The summed E-state index contributed by atoms with van der Waals surface area (Å²) in [5.41, 5.74) is 2.33. The molecule has 1 fully saturated rings. The number of hydrogen-bond donors (Lipinski definition) is 0. The zero-order valence-electron chi connectivity index (χ0n) is 15.9. The van der Waals surface area contributed by atoms with Gasteiger partial charge in [0.05, 0.1) is 17.5 Å². The van der Waals surface area contributed by atoms with Gasteiger partial charge in [-0.1, -0.05) is 30.2 Å². The molecular weight excluding hydrogens is 388 g/mol. The van der Waals surface area contributed by atoms with Crippen LogP contribution in [-0.4, -0.2) is 27.7 Å². The Kier molecular flexibility index (Phi) is 4.63. The molecule has 1 saturated carbocycles. The Balaban J connectivity index is 1.58. The van der Waals surface area contributed by atoms with Gasteiger partial charge in [0.1, 0.15) is 6.10 Å². The van der Waals surface area contributed by atoms with Gasteiger partial charge < -0.3 is 9.64 Å². The lowest BCUT2D eigenvalue weighted by atomic mass is 9.77. The lowest BCUT2D eigenvalue weighted by Crippen LogP contribution is -2.39. The molecule has 29 heavy (non-hydrogen) atoms. The predicted molar refractivity (Wildman–Crippen MR) is 108 cm³/mol. The highest BCUT2D eigenvalue weighted by atomic mass is 35.5. The van der Waals surface area contributed by atoms with Gasteiger partial charge in [0, 0.05) is 24.0 Å². The van der Waals surface area contributed by atoms with Gasteiger partial charge in [-0.25, -0.2) is 0 Å². The number of carbonyl (C=O) groups excluding carboxylic acids is 2. The quantitative estimate of drug-likeness (QED) is 0.762. The second kappa shape index (κ2) is 7.30. The van der Waals surface area contributed by atoms with Crippen molar-refractivity contribution in [2.24, 2.45) is 5.92 Å². The number of rotatable bonds is 3. The monoisotopic (exact) mass is 408 g/mol. The maximum atomic E-state index is 13.5. The van der Waals surface area contributed by atoms with E-state index in [9.17, 15) is 9.59 Å². The molecule has 1 aromatic carbocycles. The highest BCUT2D eigenvalue weighted by Crippen LogP contribution is 2.47. The van der Waals surface area contributed by atoms with Crippen LogP contribution in [0.5, 0.6) is 0 Å². The molecule has 0 spiro atoms. The summed E-state index contributed by atoms with van der Waals surface area (Å²) >= 11 is 6.08. The maximum absolute atomic E-state index is 13.5. The number of ketones is 1. The highest BCUT2D eigenvalue weighted by molar-refractivity contribution is 6.30. The third-order valence-electron chi connectivity index (χ3n) is 6.15. The predicted octanol–water partition coefficient (Wildman–Crippen LogP) is 4.23. The van der Waals surface area contributed by atoms with E-state index in [1.54, 1.807) is 29.4 Å². The molecule has 0 N–H and O–H groups in total. The van der Waals surface area contributed by atoms with Gasteiger partial charge in [0.15, 0.2) is 11.5 Å². The van der Waals surface area contributed by atoms with Crippen molar-refractivity contribution in [3.63, 3.8) is 0 Å². The largest absolute Gasteiger partial charge is 0.483 e. The summed E-state index contributed by atoms with van der Waals surface area (Å²) in [5.74, 6) is -0.0475. The van der Waals surface area contributed by atoms with Gasteiger partial charge in [-0.2, -0.15) is 0 Å². The summed E-state index contributed by atoms with van der Waals surface area (Å²) in [6.45, 7) is 0.383. The topological polar surface area (TPSA) is 59.5 Å². The number of amides is 1. The number of carbonyl (C=O) groups is 2. The van der Waals surface area contributed by atoms with Crippen molar-refractivity contribution in [1.82, 2.24) is 9.88 Å². The molecule has 0 saturated heterocycles. The van der Waals surface area contributed by atoms with Crippen LogP contribution in [0.25, 0.3) is 0 Å². The normalized spacial score (nSPS) is 26.2. The van der Waals surface area contributed by atoms with E-state index in [0.29, 0.717) is 17.1 Å². The first-order valence-corrected chi connectivity index (χ1v) is 10.4. The number of halogens is 1. The summed E-state index contributed by atoms with van der Waals surface area (Å²) in [6.07, 6.45) is 6.95. The summed E-state index contributed by atoms with van der Waals surface area (Å²) in [4.78, 5) is 32.6. The summed E-state index contributed by atoms with van der Waals surface area (Å²) in [5, 5.41) is 0.617. The van der Waals surface area contributed by atoms with E-state index >= 15 is 0 Å². The number of hydrogen-bond acceptors (Lipinski definition) is 4. The van der Waals surface area contributed by atoms with Crippen molar-refractivity contribution >= 4 is 23.3 Å². The fraction of sp³-hybridized carbons (Fsp3) is 0.348. The van der Waals surface area contributed by atoms with Crippen molar-refractivity contribution in [1.29, 1.82) is 0 Å². The van der Waals surface area contributed by atoms with E-state index in [0.717, 1.165) is 36.8 Å². The molecule has 1 aliphatic carbocycles. The molecule has 1 aromatic heterocycles. The van der Waals surface area contributed by atoms with Crippen molar-refractivity contribution in [3.05, 3.63) is 76.3 Å². The average Bonchev–Trinajstić information content (AvgIpc) is 3.02. The van der Waals surface area contributed by atoms with Crippen LogP contribution >= 0.6 is 11.6 Å². The highest BCUT2D eigenvalue weighted by Gasteiger charge is 2.51. The third kappa shape index (κ3) is 3.14. The molecule has 2 aliphatic heterocycles. The van der Waals surface area contributed by atoms with Gasteiger partial charge in [0.25, 0.3) is 5.91 Å².